The minimum absolute atomic E-state index is 0.387. The predicted octanol–water partition coefficient (Wildman–Crippen LogP) is 0.660. The third-order valence-electron chi connectivity index (χ3n) is 2.47. The van der Waals surface area contributed by atoms with Crippen LogP contribution in [0.1, 0.15) is 5.69 Å². The molecule has 1 fully saturated rings. The van der Waals surface area contributed by atoms with E-state index in [1.54, 1.807) is 6.20 Å². The van der Waals surface area contributed by atoms with Crippen molar-refractivity contribution in [2.24, 2.45) is 0 Å². The molecule has 80 valence electrons. The van der Waals surface area contributed by atoms with Crippen molar-refractivity contribution in [1.82, 2.24) is 4.98 Å². The van der Waals surface area contributed by atoms with Crippen LogP contribution in [0.2, 0.25) is 0 Å². The molecule has 2 rings (SSSR count). The zero-order valence-electron chi connectivity index (χ0n) is 8.56. The molecular weight excluding hydrogens is 192 g/mol. The number of ether oxygens (including phenoxy) is 1. The second-order valence-corrected chi connectivity index (χ2v) is 3.48. The van der Waals surface area contributed by atoms with Gasteiger partial charge in [-0.05, 0) is 12.1 Å². The van der Waals surface area contributed by atoms with Crippen LogP contribution in [0.25, 0.3) is 0 Å². The van der Waals surface area contributed by atoms with Crippen molar-refractivity contribution >= 4 is 12.0 Å². The molecule has 1 aliphatic heterocycles. The largest absolute Gasteiger partial charge is 0.378 e. The van der Waals surface area contributed by atoms with Crippen molar-refractivity contribution in [3.05, 3.63) is 24.0 Å². The van der Waals surface area contributed by atoms with Crippen molar-refractivity contribution < 1.29 is 9.53 Å². The second kappa shape index (κ2) is 4.89. The molecule has 0 radical (unpaired) electrons. The molecule has 4 heteroatoms. The number of morpholine rings is 1. The number of nitrogens with zero attached hydrogens (tertiary/aromatic N) is 2. The first-order valence-corrected chi connectivity index (χ1v) is 5.11. The van der Waals surface area contributed by atoms with Crippen LogP contribution >= 0.6 is 0 Å². The van der Waals surface area contributed by atoms with E-state index in [1.165, 1.54) is 0 Å². The lowest BCUT2D eigenvalue weighted by Crippen LogP contribution is -2.36. The molecule has 0 amide bonds. The first-order valence-electron chi connectivity index (χ1n) is 5.11. The molecule has 0 aromatic carbocycles. The van der Waals surface area contributed by atoms with Gasteiger partial charge in [-0.3, -0.25) is 4.98 Å². The number of rotatable bonds is 3. The van der Waals surface area contributed by atoms with Crippen LogP contribution in [-0.4, -0.2) is 37.6 Å². The summed E-state index contributed by atoms with van der Waals surface area (Å²) in [6, 6.07) is 3.94. The van der Waals surface area contributed by atoms with Crippen molar-refractivity contribution in [1.29, 1.82) is 0 Å². The van der Waals surface area contributed by atoms with Crippen molar-refractivity contribution in [3.8, 4) is 0 Å². The molecule has 0 unspecified atom stereocenters. The highest BCUT2D eigenvalue weighted by Gasteiger charge is 2.11. The molecule has 0 spiro atoms. The number of anilines is 1. The van der Waals surface area contributed by atoms with Crippen LogP contribution in [0.3, 0.4) is 0 Å². The summed E-state index contributed by atoms with van der Waals surface area (Å²) in [5.41, 5.74) is 1.96. The lowest BCUT2D eigenvalue weighted by atomic mass is 10.2. The van der Waals surface area contributed by atoms with Crippen LogP contribution < -0.4 is 4.90 Å². The predicted molar refractivity (Wildman–Crippen MR) is 57.0 cm³/mol. The third-order valence-corrected chi connectivity index (χ3v) is 2.47. The number of pyridine rings is 1. The van der Waals surface area contributed by atoms with E-state index in [2.05, 4.69) is 9.88 Å². The van der Waals surface area contributed by atoms with Gasteiger partial charge in [0.2, 0.25) is 0 Å². The molecule has 2 heterocycles. The molecule has 0 aliphatic carbocycles. The summed E-state index contributed by atoms with van der Waals surface area (Å²) >= 11 is 0. The van der Waals surface area contributed by atoms with E-state index in [-0.39, 0.29) is 0 Å². The highest BCUT2D eigenvalue weighted by atomic mass is 16.5. The second-order valence-electron chi connectivity index (χ2n) is 3.48. The van der Waals surface area contributed by atoms with Crippen LogP contribution in [0.15, 0.2) is 18.3 Å². The smallest absolute Gasteiger partial charge is 0.125 e. The molecule has 0 bridgehead atoms. The number of aromatic nitrogens is 1. The Morgan fingerprint density at radius 1 is 1.47 bits per heavy atom. The molecule has 1 aliphatic rings. The Morgan fingerprint density at radius 2 is 2.27 bits per heavy atom. The molecule has 1 aromatic heterocycles. The van der Waals surface area contributed by atoms with Gasteiger partial charge in [0.25, 0.3) is 0 Å². The maximum atomic E-state index is 10.4. The van der Waals surface area contributed by atoms with E-state index in [9.17, 15) is 4.79 Å². The fourth-order valence-electron chi connectivity index (χ4n) is 1.68. The third kappa shape index (κ3) is 2.53. The van der Waals surface area contributed by atoms with E-state index in [4.69, 9.17) is 4.74 Å². The van der Waals surface area contributed by atoms with E-state index in [0.29, 0.717) is 6.42 Å². The maximum absolute atomic E-state index is 10.4. The van der Waals surface area contributed by atoms with Gasteiger partial charge in [-0.2, -0.15) is 0 Å². The summed E-state index contributed by atoms with van der Waals surface area (Å²) in [6.45, 7) is 3.35. The van der Waals surface area contributed by atoms with Crippen LogP contribution in [0.5, 0.6) is 0 Å². The molecule has 1 saturated heterocycles. The monoisotopic (exact) mass is 206 g/mol. The van der Waals surface area contributed by atoms with Crippen molar-refractivity contribution in [2.45, 2.75) is 6.42 Å². The van der Waals surface area contributed by atoms with Crippen LogP contribution in [0.4, 0.5) is 5.69 Å². The SMILES string of the molecule is O=CCc1cc(N2CCOCC2)ccn1. The van der Waals surface area contributed by atoms with Gasteiger partial charge in [-0.25, -0.2) is 0 Å². The molecule has 4 nitrogen and oxygen atoms in total. The Hall–Kier alpha value is -1.42. The van der Waals surface area contributed by atoms with Gasteiger partial charge < -0.3 is 14.4 Å². The molecule has 0 N–H and O–H groups in total. The number of hydrogen-bond acceptors (Lipinski definition) is 4. The Kier molecular flexibility index (Phi) is 3.29. The Labute approximate surface area is 88.9 Å². The first-order chi connectivity index (χ1) is 7.40. The van der Waals surface area contributed by atoms with Gasteiger partial charge in [0.05, 0.1) is 13.2 Å². The zero-order valence-corrected chi connectivity index (χ0v) is 8.56. The van der Waals surface area contributed by atoms with Crippen molar-refractivity contribution in [2.75, 3.05) is 31.2 Å². The summed E-state index contributed by atoms with van der Waals surface area (Å²) in [5, 5.41) is 0. The van der Waals surface area contributed by atoms with Crippen LogP contribution in [0, 0.1) is 0 Å². The summed E-state index contributed by atoms with van der Waals surface area (Å²) in [6.07, 6.45) is 3.02. The summed E-state index contributed by atoms with van der Waals surface area (Å²) in [5.74, 6) is 0. The standard InChI is InChI=1S/C11H14N2O2/c14-6-2-10-9-11(1-3-12-10)13-4-7-15-8-5-13/h1,3,6,9H,2,4-5,7-8H2. The van der Waals surface area contributed by atoms with E-state index < -0.39 is 0 Å². The number of aldehydes is 1. The molecule has 0 saturated carbocycles. The lowest BCUT2D eigenvalue weighted by Gasteiger charge is -2.28. The first kappa shape index (κ1) is 10.1. The summed E-state index contributed by atoms with van der Waals surface area (Å²) in [7, 11) is 0. The minimum Gasteiger partial charge on any atom is -0.378 e. The van der Waals surface area contributed by atoms with Crippen LogP contribution in [-0.2, 0) is 16.0 Å². The lowest BCUT2D eigenvalue weighted by molar-refractivity contribution is -0.107. The highest BCUT2D eigenvalue weighted by molar-refractivity contribution is 5.56. The highest BCUT2D eigenvalue weighted by Crippen LogP contribution is 2.15. The fraction of sp³-hybridized carbons (Fsp3) is 0.455. The average Bonchev–Trinajstić information content (AvgIpc) is 2.31. The Balaban J connectivity index is 2.12. The minimum atomic E-state index is 0.387. The normalized spacial score (nSPS) is 16.4. The van der Waals surface area contributed by atoms with Gasteiger partial charge in [0, 0.05) is 37.1 Å². The van der Waals surface area contributed by atoms with Gasteiger partial charge >= 0.3 is 0 Å². The Bertz CT molecular complexity index is 335. The van der Waals surface area contributed by atoms with Gasteiger partial charge in [-0.1, -0.05) is 0 Å². The average molecular weight is 206 g/mol. The summed E-state index contributed by atoms with van der Waals surface area (Å²) in [4.78, 5) is 16.8. The molecular formula is C11H14N2O2. The molecule has 15 heavy (non-hydrogen) atoms. The van der Waals surface area contributed by atoms with Gasteiger partial charge in [0.15, 0.2) is 0 Å². The quantitative estimate of drug-likeness (QED) is 0.681. The van der Waals surface area contributed by atoms with E-state index in [1.807, 2.05) is 12.1 Å². The van der Waals surface area contributed by atoms with E-state index in [0.717, 1.165) is 44.0 Å². The topological polar surface area (TPSA) is 42.4 Å². The Morgan fingerprint density at radius 3 is 3.00 bits per heavy atom. The van der Waals surface area contributed by atoms with Gasteiger partial charge in [0.1, 0.15) is 6.29 Å². The van der Waals surface area contributed by atoms with E-state index >= 15 is 0 Å². The van der Waals surface area contributed by atoms with Gasteiger partial charge in [-0.15, -0.1) is 0 Å². The number of carbonyl (C=O) groups is 1. The fourth-order valence-corrected chi connectivity index (χ4v) is 1.68. The van der Waals surface area contributed by atoms with Crippen molar-refractivity contribution in [3.63, 3.8) is 0 Å². The number of carbonyl (C=O) groups excluding carboxylic acids is 1. The summed E-state index contributed by atoms with van der Waals surface area (Å²) < 4.78 is 5.29. The maximum Gasteiger partial charge on any atom is 0.125 e. The molecule has 1 aromatic rings. The zero-order chi connectivity index (χ0) is 10.5. The number of hydrogen-bond donors (Lipinski definition) is 0. The molecule has 0 atom stereocenters.